The highest BCUT2D eigenvalue weighted by Gasteiger charge is 2.31. The largest absolute Gasteiger partial charge is 0.353 e. The van der Waals surface area contributed by atoms with E-state index in [0.717, 1.165) is 6.42 Å². The van der Waals surface area contributed by atoms with Crippen LogP contribution in [0.15, 0.2) is 24.3 Å². The maximum Gasteiger partial charge on any atom is 0.236 e. The number of carbonyl (C=O) groups is 3. The van der Waals surface area contributed by atoms with E-state index in [9.17, 15) is 14.4 Å². The van der Waals surface area contributed by atoms with Gasteiger partial charge in [0.05, 0.1) is 0 Å². The smallest absolute Gasteiger partial charge is 0.236 e. The standard InChI is InChI=1S/C15H18N2O3/c1-9-3-8-13(14(19)16-9)15(20)17-12-6-4-11(5-7-12)10(2)18/h4-7,9,13H,3,8H2,1-2H3,(H,16,19)(H,17,20)/t9-,13-/m0/s1. The van der Waals surface area contributed by atoms with Crippen molar-refractivity contribution in [3.05, 3.63) is 29.8 Å². The van der Waals surface area contributed by atoms with E-state index in [0.29, 0.717) is 17.7 Å². The first-order valence-electron chi connectivity index (χ1n) is 6.69. The van der Waals surface area contributed by atoms with E-state index < -0.39 is 5.92 Å². The van der Waals surface area contributed by atoms with Crippen molar-refractivity contribution in [3.63, 3.8) is 0 Å². The molecule has 2 atom stereocenters. The van der Waals surface area contributed by atoms with Gasteiger partial charge in [-0.05, 0) is 51.0 Å². The average molecular weight is 274 g/mol. The number of benzene rings is 1. The number of ketones is 1. The van der Waals surface area contributed by atoms with Crippen molar-refractivity contribution in [2.75, 3.05) is 5.32 Å². The van der Waals surface area contributed by atoms with Crippen LogP contribution in [-0.2, 0) is 9.59 Å². The summed E-state index contributed by atoms with van der Waals surface area (Å²) in [5.41, 5.74) is 1.18. The number of Topliss-reactive ketones (excluding diaryl/α,β-unsaturated/α-hetero) is 1. The molecule has 5 nitrogen and oxygen atoms in total. The molecule has 1 saturated heterocycles. The van der Waals surface area contributed by atoms with Gasteiger partial charge >= 0.3 is 0 Å². The van der Waals surface area contributed by atoms with Crippen LogP contribution in [0.3, 0.4) is 0 Å². The molecule has 1 aromatic rings. The van der Waals surface area contributed by atoms with E-state index in [-0.39, 0.29) is 23.6 Å². The fourth-order valence-corrected chi connectivity index (χ4v) is 2.23. The van der Waals surface area contributed by atoms with E-state index in [2.05, 4.69) is 10.6 Å². The molecule has 1 aliphatic rings. The van der Waals surface area contributed by atoms with Crippen LogP contribution >= 0.6 is 0 Å². The van der Waals surface area contributed by atoms with Crippen molar-refractivity contribution in [1.82, 2.24) is 5.32 Å². The molecule has 2 rings (SSSR count). The quantitative estimate of drug-likeness (QED) is 0.651. The lowest BCUT2D eigenvalue weighted by molar-refractivity contribution is -0.134. The maximum atomic E-state index is 12.1. The topological polar surface area (TPSA) is 75.3 Å². The van der Waals surface area contributed by atoms with Gasteiger partial charge in [0.2, 0.25) is 11.8 Å². The van der Waals surface area contributed by atoms with Gasteiger partial charge in [-0.25, -0.2) is 0 Å². The number of carbonyl (C=O) groups excluding carboxylic acids is 3. The molecule has 1 aliphatic heterocycles. The monoisotopic (exact) mass is 274 g/mol. The summed E-state index contributed by atoms with van der Waals surface area (Å²) in [4.78, 5) is 35.0. The number of anilines is 1. The minimum absolute atomic E-state index is 0.0245. The molecule has 0 saturated carbocycles. The molecule has 106 valence electrons. The third-order valence-corrected chi connectivity index (χ3v) is 3.47. The van der Waals surface area contributed by atoms with Gasteiger partial charge < -0.3 is 10.6 Å². The number of nitrogens with one attached hydrogen (secondary N) is 2. The molecule has 0 radical (unpaired) electrons. The Bertz CT molecular complexity index is 537. The molecule has 0 aliphatic carbocycles. The van der Waals surface area contributed by atoms with Crippen LogP contribution in [0.2, 0.25) is 0 Å². The molecule has 1 heterocycles. The molecule has 5 heteroatoms. The van der Waals surface area contributed by atoms with Crippen LogP contribution < -0.4 is 10.6 Å². The second kappa shape index (κ2) is 5.86. The van der Waals surface area contributed by atoms with E-state index in [1.807, 2.05) is 6.92 Å². The Kier molecular flexibility index (Phi) is 4.17. The zero-order valence-corrected chi connectivity index (χ0v) is 11.6. The fourth-order valence-electron chi connectivity index (χ4n) is 2.23. The van der Waals surface area contributed by atoms with Gasteiger partial charge in [-0.1, -0.05) is 0 Å². The Morgan fingerprint density at radius 2 is 1.85 bits per heavy atom. The van der Waals surface area contributed by atoms with Gasteiger partial charge in [0.1, 0.15) is 5.92 Å². The molecular weight excluding hydrogens is 256 g/mol. The third kappa shape index (κ3) is 3.23. The van der Waals surface area contributed by atoms with Crippen molar-refractivity contribution in [3.8, 4) is 0 Å². The Morgan fingerprint density at radius 3 is 2.40 bits per heavy atom. The zero-order valence-electron chi connectivity index (χ0n) is 11.6. The molecule has 2 N–H and O–H groups in total. The average Bonchev–Trinajstić information content (AvgIpc) is 2.39. The first-order valence-corrected chi connectivity index (χ1v) is 6.69. The van der Waals surface area contributed by atoms with E-state index in [4.69, 9.17) is 0 Å². The van der Waals surface area contributed by atoms with Crippen LogP contribution in [0.1, 0.15) is 37.0 Å². The molecule has 2 amide bonds. The van der Waals surface area contributed by atoms with Gasteiger partial charge in [-0.3, -0.25) is 14.4 Å². The third-order valence-electron chi connectivity index (χ3n) is 3.47. The molecule has 0 unspecified atom stereocenters. The fraction of sp³-hybridized carbons (Fsp3) is 0.400. The summed E-state index contributed by atoms with van der Waals surface area (Å²) in [7, 11) is 0. The number of rotatable bonds is 3. The first kappa shape index (κ1) is 14.2. The van der Waals surface area contributed by atoms with Gasteiger partial charge in [0.25, 0.3) is 0 Å². The maximum absolute atomic E-state index is 12.1. The van der Waals surface area contributed by atoms with E-state index in [1.165, 1.54) is 6.92 Å². The molecule has 20 heavy (non-hydrogen) atoms. The van der Waals surface area contributed by atoms with Gasteiger partial charge in [-0.2, -0.15) is 0 Å². The van der Waals surface area contributed by atoms with Crippen molar-refractivity contribution in [2.24, 2.45) is 5.92 Å². The van der Waals surface area contributed by atoms with Crippen molar-refractivity contribution < 1.29 is 14.4 Å². The van der Waals surface area contributed by atoms with Crippen molar-refractivity contribution in [1.29, 1.82) is 0 Å². The van der Waals surface area contributed by atoms with Gasteiger partial charge in [0, 0.05) is 17.3 Å². The molecule has 0 bridgehead atoms. The SMILES string of the molecule is CC(=O)c1ccc(NC(=O)[C@H]2CC[C@H](C)NC2=O)cc1. The molecule has 1 aromatic carbocycles. The molecule has 0 aromatic heterocycles. The Morgan fingerprint density at radius 1 is 1.20 bits per heavy atom. The minimum Gasteiger partial charge on any atom is -0.353 e. The summed E-state index contributed by atoms with van der Waals surface area (Å²) < 4.78 is 0. The van der Waals surface area contributed by atoms with Crippen molar-refractivity contribution in [2.45, 2.75) is 32.7 Å². The van der Waals surface area contributed by atoms with E-state index in [1.54, 1.807) is 24.3 Å². The Hall–Kier alpha value is -2.17. The lowest BCUT2D eigenvalue weighted by atomic mass is 9.94. The molecular formula is C15H18N2O3. The van der Waals surface area contributed by atoms with Crippen LogP contribution in [0, 0.1) is 5.92 Å². The van der Waals surface area contributed by atoms with Crippen LogP contribution in [-0.4, -0.2) is 23.6 Å². The van der Waals surface area contributed by atoms with Crippen LogP contribution in [0.5, 0.6) is 0 Å². The van der Waals surface area contributed by atoms with Gasteiger partial charge in [0.15, 0.2) is 5.78 Å². The van der Waals surface area contributed by atoms with Gasteiger partial charge in [-0.15, -0.1) is 0 Å². The number of hydrogen-bond donors (Lipinski definition) is 2. The molecule has 0 spiro atoms. The Balaban J connectivity index is 2.00. The second-order valence-electron chi connectivity index (χ2n) is 5.16. The summed E-state index contributed by atoms with van der Waals surface area (Å²) in [6, 6.07) is 6.76. The lowest BCUT2D eigenvalue weighted by Crippen LogP contribution is -2.46. The normalized spacial score (nSPS) is 22.0. The summed E-state index contributed by atoms with van der Waals surface area (Å²) in [5, 5.41) is 5.49. The van der Waals surface area contributed by atoms with Crippen molar-refractivity contribution >= 4 is 23.3 Å². The zero-order chi connectivity index (χ0) is 14.7. The molecule has 1 fully saturated rings. The predicted molar refractivity (Wildman–Crippen MR) is 75.4 cm³/mol. The summed E-state index contributed by atoms with van der Waals surface area (Å²) in [6.07, 6.45) is 1.36. The van der Waals surface area contributed by atoms with Crippen LogP contribution in [0.25, 0.3) is 0 Å². The first-order chi connectivity index (χ1) is 9.47. The summed E-state index contributed by atoms with van der Waals surface area (Å²) >= 11 is 0. The number of piperidine rings is 1. The second-order valence-corrected chi connectivity index (χ2v) is 5.16. The number of hydrogen-bond acceptors (Lipinski definition) is 3. The highest BCUT2D eigenvalue weighted by molar-refractivity contribution is 6.07. The van der Waals surface area contributed by atoms with E-state index >= 15 is 0 Å². The van der Waals surface area contributed by atoms with Crippen LogP contribution in [0.4, 0.5) is 5.69 Å². The predicted octanol–water partition coefficient (Wildman–Crippen LogP) is 1.74. The highest BCUT2D eigenvalue weighted by Crippen LogP contribution is 2.18. The lowest BCUT2D eigenvalue weighted by Gasteiger charge is -2.26. The summed E-state index contributed by atoms with van der Waals surface area (Å²) in [6.45, 7) is 3.41. The summed E-state index contributed by atoms with van der Waals surface area (Å²) in [5.74, 6) is -1.19. The Labute approximate surface area is 117 Å². The minimum atomic E-state index is -0.640. The highest BCUT2D eigenvalue weighted by atomic mass is 16.2. The number of amides is 2.